The minimum absolute atomic E-state index is 0.0231. The van der Waals surface area contributed by atoms with Crippen LogP contribution in [0.25, 0.3) is 0 Å². The van der Waals surface area contributed by atoms with Crippen LogP contribution in [-0.4, -0.2) is 19.0 Å². The van der Waals surface area contributed by atoms with Gasteiger partial charge in [0.1, 0.15) is 6.29 Å². The summed E-state index contributed by atoms with van der Waals surface area (Å²) in [5.74, 6) is 0. The first-order valence-electron chi connectivity index (χ1n) is 2.93. The summed E-state index contributed by atoms with van der Waals surface area (Å²) in [5.41, 5.74) is -0.0231. The van der Waals surface area contributed by atoms with Gasteiger partial charge in [0.15, 0.2) is 0 Å². The molecular formula is C6H8O2. The Morgan fingerprint density at radius 1 is 1.62 bits per heavy atom. The van der Waals surface area contributed by atoms with E-state index in [4.69, 9.17) is 4.74 Å². The highest BCUT2D eigenvalue weighted by molar-refractivity contribution is 5.62. The van der Waals surface area contributed by atoms with E-state index in [0.717, 1.165) is 19.1 Å². The number of hydrogen-bond acceptors (Lipinski definition) is 2. The highest BCUT2D eigenvalue weighted by Gasteiger charge is 2.51. The van der Waals surface area contributed by atoms with Crippen molar-refractivity contribution in [2.24, 2.45) is 5.41 Å². The third-order valence-electron chi connectivity index (χ3n) is 2.12. The monoisotopic (exact) mass is 112 g/mol. The largest absolute Gasteiger partial charge is 0.377 e. The second-order valence-corrected chi connectivity index (χ2v) is 2.82. The van der Waals surface area contributed by atoms with Crippen LogP contribution in [0.15, 0.2) is 0 Å². The molecule has 2 bridgehead atoms. The van der Waals surface area contributed by atoms with Gasteiger partial charge >= 0.3 is 0 Å². The smallest absolute Gasteiger partial charge is 0.128 e. The van der Waals surface area contributed by atoms with Crippen molar-refractivity contribution < 1.29 is 9.53 Å². The molecule has 0 atom stereocenters. The molecule has 0 radical (unpaired) electrons. The molecule has 0 aromatic heterocycles. The summed E-state index contributed by atoms with van der Waals surface area (Å²) in [7, 11) is 0. The Labute approximate surface area is 47.8 Å². The highest BCUT2D eigenvalue weighted by Crippen LogP contribution is 2.48. The maximum Gasteiger partial charge on any atom is 0.128 e. The molecule has 1 saturated carbocycles. The zero-order valence-corrected chi connectivity index (χ0v) is 4.59. The summed E-state index contributed by atoms with van der Waals surface area (Å²) in [6, 6.07) is 0. The standard InChI is InChI=1S/C6H8O2/c7-3-6-1-5(2-6)8-4-6/h3,5H,1-2,4H2. The molecular weight excluding hydrogens is 104 g/mol. The van der Waals surface area contributed by atoms with Crippen molar-refractivity contribution in [3.05, 3.63) is 0 Å². The minimum Gasteiger partial charge on any atom is -0.377 e. The quantitative estimate of drug-likeness (QED) is 0.458. The second-order valence-electron chi connectivity index (χ2n) is 2.82. The van der Waals surface area contributed by atoms with Gasteiger partial charge in [0.05, 0.1) is 18.1 Å². The van der Waals surface area contributed by atoms with Gasteiger partial charge in [-0.25, -0.2) is 0 Å². The number of carbonyl (C=O) groups is 1. The van der Waals surface area contributed by atoms with Crippen molar-refractivity contribution in [1.29, 1.82) is 0 Å². The van der Waals surface area contributed by atoms with E-state index in [1.54, 1.807) is 0 Å². The lowest BCUT2D eigenvalue weighted by Gasteiger charge is -2.28. The Hall–Kier alpha value is -0.370. The lowest BCUT2D eigenvalue weighted by atomic mass is 9.72. The van der Waals surface area contributed by atoms with Crippen LogP contribution >= 0.6 is 0 Å². The Kier molecular flexibility index (Phi) is 0.637. The molecule has 44 valence electrons. The molecule has 3 fully saturated rings. The predicted molar refractivity (Wildman–Crippen MR) is 27.5 cm³/mol. The van der Waals surface area contributed by atoms with Crippen LogP contribution in [0.1, 0.15) is 12.8 Å². The summed E-state index contributed by atoms with van der Waals surface area (Å²) < 4.78 is 5.19. The molecule has 0 unspecified atom stereocenters. The molecule has 3 aliphatic rings. The molecule has 0 aromatic rings. The van der Waals surface area contributed by atoms with Crippen molar-refractivity contribution in [3.63, 3.8) is 0 Å². The van der Waals surface area contributed by atoms with Crippen molar-refractivity contribution in [2.45, 2.75) is 18.9 Å². The first-order valence-corrected chi connectivity index (χ1v) is 2.93. The van der Waals surface area contributed by atoms with Crippen molar-refractivity contribution in [2.75, 3.05) is 6.61 Å². The van der Waals surface area contributed by atoms with E-state index in [2.05, 4.69) is 0 Å². The number of rotatable bonds is 1. The van der Waals surface area contributed by atoms with Gasteiger partial charge in [0, 0.05) is 0 Å². The number of aldehydes is 1. The van der Waals surface area contributed by atoms with Crippen LogP contribution in [-0.2, 0) is 9.53 Å². The molecule has 8 heavy (non-hydrogen) atoms. The normalized spacial score (nSPS) is 50.8. The van der Waals surface area contributed by atoms with Crippen LogP contribution in [0.5, 0.6) is 0 Å². The first kappa shape index (κ1) is 4.50. The Morgan fingerprint density at radius 2 is 2.38 bits per heavy atom. The van der Waals surface area contributed by atoms with Crippen LogP contribution < -0.4 is 0 Å². The lowest BCUT2D eigenvalue weighted by Crippen LogP contribution is -2.33. The molecule has 1 aliphatic carbocycles. The molecule has 3 rings (SSSR count). The van der Waals surface area contributed by atoms with Crippen LogP contribution in [0.3, 0.4) is 0 Å². The SMILES string of the molecule is O=CC12COC(C1)C2. The second kappa shape index (κ2) is 1.13. The average Bonchev–Trinajstić information content (AvgIpc) is 2.17. The van der Waals surface area contributed by atoms with Crippen LogP contribution in [0.4, 0.5) is 0 Å². The van der Waals surface area contributed by atoms with E-state index in [-0.39, 0.29) is 5.41 Å². The summed E-state index contributed by atoms with van der Waals surface area (Å²) in [5, 5.41) is 0. The van der Waals surface area contributed by atoms with Gasteiger partial charge in [0.2, 0.25) is 0 Å². The average molecular weight is 112 g/mol. The summed E-state index contributed by atoms with van der Waals surface area (Å²) in [4.78, 5) is 10.3. The maximum atomic E-state index is 10.3. The number of hydrogen-bond donors (Lipinski definition) is 0. The minimum atomic E-state index is -0.0231. The number of fused-ring (bicyclic) bond motifs is 1. The highest BCUT2D eigenvalue weighted by atomic mass is 16.5. The number of carbonyl (C=O) groups excluding carboxylic acids is 1. The Balaban J connectivity index is 2.19. The summed E-state index contributed by atoms with van der Waals surface area (Å²) in [6.07, 6.45) is 3.45. The van der Waals surface area contributed by atoms with Gasteiger partial charge in [-0.05, 0) is 12.8 Å². The predicted octanol–water partition coefficient (Wildman–Crippen LogP) is 0.364. The lowest BCUT2D eigenvalue weighted by molar-refractivity contribution is -0.117. The zero-order valence-electron chi connectivity index (χ0n) is 4.59. The summed E-state index contributed by atoms with van der Waals surface area (Å²) in [6.45, 7) is 0.682. The van der Waals surface area contributed by atoms with E-state index < -0.39 is 0 Å². The third kappa shape index (κ3) is 0.348. The molecule has 2 heterocycles. The zero-order chi connectivity index (χ0) is 5.61. The molecule has 0 N–H and O–H groups in total. The van der Waals surface area contributed by atoms with Crippen LogP contribution in [0, 0.1) is 5.41 Å². The van der Waals surface area contributed by atoms with Gasteiger partial charge in [-0.15, -0.1) is 0 Å². The fourth-order valence-corrected chi connectivity index (χ4v) is 1.50. The maximum absolute atomic E-state index is 10.3. The summed E-state index contributed by atoms with van der Waals surface area (Å²) >= 11 is 0. The van der Waals surface area contributed by atoms with E-state index in [0.29, 0.717) is 12.7 Å². The van der Waals surface area contributed by atoms with Gasteiger partial charge in [-0.2, -0.15) is 0 Å². The Bertz CT molecular complexity index is 119. The van der Waals surface area contributed by atoms with Crippen molar-refractivity contribution in [1.82, 2.24) is 0 Å². The molecule has 0 aromatic carbocycles. The fraction of sp³-hybridized carbons (Fsp3) is 0.833. The molecule has 2 heteroatoms. The van der Waals surface area contributed by atoms with Crippen molar-refractivity contribution in [3.8, 4) is 0 Å². The topological polar surface area (TPSA) is 26.3 Å². The van der Waals surface area contributed by atoms with Gasteiger partial charge in [0.25, 0.3) is 0 Å². The molecule has 0 amide bonds. The molecule has 2 nitrogen and oxygen atoms in total. The van der Waals surface area contributed by atoms with Gasteiger partial charge in [-0.1, -0.05) is 0 Å². The molecule has 0 spiro atoms. The van der Waals surface area contributed by atoms with Gasteiger partial charge < -0.3 is 9.53 Å². The van der Waals surface area contributed by atoms with E-state index in [9.17, 15) is 4.79 Å². The van der Waals surface area contributed by atoms with E-state index in [1.807, 2.05) is 0 Å². The third-order valence-corrected chi connectivity index (χ3v) is 2.12. The van der Waals surface area contributed by atoms with E-state index in [1.165, 1.54) is 0 Å². The molecule has 2 aliphatic heterocycles. The van der Waals surface area contributed by atoms with Crippen LogP contribution in [0.2, 0.25) is 0 Å². The first-order chi connectivity index (χ1) is 3.85. The fourth-order valence-electron chi connectivity index (χ4n) is 1.50. The van der Waals surface area contributed by atoms with Crippen molar-refractivity contribution >= 4 is 6.29 Å². The Morgan fingerprint density at radius 3 is 2.62 bits per heavy atom. The number of ether oxygens (including phenoxy) is 1. The van der Waals surface area contributed by atoms with E-state index >= 15 is 0 Å². The van der Waals surface area contributed by atoms with Gasteiger partial charge in [-0.3, -0.25) is 0 Å². The molecule has 2 saturated heterocycles.